The van der Waals surface area contributed by atoms with Crippen molar-refractivity contribution in [2.45, 2.75) is 63.3 Å². The molecule has 2 unspecified atom stereocenters. The molecule has 3 aromatic rings. The van der Waals surface area contributed by atoms with Crippen molar-refractivity contribution in [1.82, 2.24) is 14.8 Å². The number of benzene rings is 1. The summed E-state index contributed by atoms with van der Waals surface area (Å²) in [6.07, 6.45) is 4.43. The van der Waals surface area contributed by atoms with Gasteiger partial charge in [-0.3, -0.25) is 34.0 Å². The predicted molar refractivity (Wildman–Crippen MR) is 157 cm³/mol. The second kappa shape index (κ2) is 10.0. The lowest BCUT2D eigenvalue weighted by atomic mass is 9.71. The number of rotatable bonds is 6. The fourth-order valence-corrected chi connectivity index (χ4v) is 8.58. The number of fused-ring (bicyclic) bond motifs is 2. The minimum Gasteiger partial charge on any atom is -0.481 e. The fraction of sp³-hybridized carbons (Fsp3) is 0.433. The lowest BCUT2D eigenvalue weighted by molar-refractivity contribution is -0.153. The summed E-state index contributed by atoms with van der Waals surface area (Å²) in [5.41, 5.74) is 3.63. The minimum atomic E-state index is -0.302. The average molecular weight is 609 g/mol. The third-order valence-corrected chi connectivity index (χ3v) is 10.6. The van der Waals surface area contributed by atoms with Gasteiger partial charge >= 0.3 is 0 Å². The Balaban J connectivity index is 1.33. The third kappa shape index (κ3) is 4.12. The van der Waals surface area contributed by atoms with Crippen LogP contribution in [-0.4, -0.2) is 76.9 Å². The van der Waals surface area contributed by atoms with Gasteiger partial charge in [-0.15, -0.1) is 11.3 Å². The lowest BCUT2D eigenvalue weighted by Crippen LogP contribution is -2.59. The van der Waals surface area contributed by atoms with Crippen molar-refractivity contribution < 1.29 is 28.7 Å². The van der Waals surface area contributed by atoms with Crippen LogP contribution >= 0.6 is 22.9 Å². The summed E-state index contributed by atoms with van der Waals surface area (Å²) < 4.78 is 12.3. The smallest absolute Gasteiger partial charge is 0.293 e. The number of likely N-dealkylation sites (tertiary alicyclic amines) is 2. The number of carbonyl (C=O) groups is 4. The van der Waals surface area contributed by atoms with E-state index in [2.05, 4.69) is 9.88 Å². The summed E-state index contributed by atoms with van der Waals surface area (Å²) >= 11 is 8.13. The molecule has 0 radical (unpaired) electrons. The van der Waals surface area contributed by atoms with Gasteiger partial charge in [0.15, 0.2) is 6.61 Å². The number of pyridine rings is 1. The number of nitrogens with zero attached hydrogens (tertiary/aromatic N) is 4. The number of imide groups is 1. The number of hydrogen-bond donors (Lipinski definition) is 0. The van der Waals surface area contributed by atoms with E-state index in [1.165, 1.54) is 16.2 Å². The first-order valence-corrected chi connectivity index (χ1v) is 15.2. The van der Waals surface area contributed by atoms with Gasteiger partial charge in [-0.05, 0) is 50.9 Å². The van der Waals surface area contributed by atoms with Gasteiger partial charge in [0.2, 0.25) is 11.8 Å². The van der Waals surface area contributed by atoms with Crippen LogP contribution in [-0.2, 0) is 30.5 Å². The highest BCUT2D eigenvalue weighted by molar-refractivity contribution is 7.19. The van der Waals surface area contributed by atoms with Crippen LogP contribution in [0.3, 0.4) is 0 Å². The Hall–Kier alpha value is -3.54. The zero-order chi connectivity index (χ0) is 29.3. The molecule has 4 aliphatic rings. The number of amides is 3. The minimum absolute atomic E-state index is 0.0972. The van der Waals surface area contributed by atoms with Gasteiger partial charge in [-0.1, -0.05) is 11.6 Å². The molecule has 3 fully saturated rings. The highest BCUT2D eigenvalue weighted by atomic mass is 35.5. The molecule has 1 saturated carbocycles. The van der Waals surface area contributed by atoms with Gasteiger partial charge in [0.25, 0.3) is 12.4 Å². The summed E-state index contributed by atoms with van der Waals surface area (Å²) in [7, 11) is 2.02. The van der Waals surface area contributed by atoms with Gasteiger partial charge in [-0.25, -0.2) is 0 Å². The van der Waals surface area contributed by atoms with Gasteiger partial charge in [0.1, 0.15) is 11.9 Å². The molecule has 42 heavy (non-hydrogen) atoms. The normalized spacial score (nSPS) is 25.7. The molecule has 10 nitrogen and oxygen atoms in total. The third-order valence-electron chi connectivity index (χ3n) is 9.28. The summed E-state index contributed by atoms with van der Waals surface area (Å²) in [6, 6.07) is 5.36. The van der Waals surface area contributed by atoms with E-state index in [1.807, 2.05) is 31.0 Å². The van der Waals surface area contributed by atoms with Crippen LogP contribution in [0.1, 0.15) is 42.5 Å². The molecular weight excluding hydrogens is 580 g/mol. The molecule has 5 heterocycles. The molecule has 2 saturated heterocycles. The van der Waals surface area contributed by atoms with Gasteiger partial charge in [-0.2, -0.15) is 0 Å². The maximum Gasteiger partial charge on any atom is 0.293 e. The van der Waals surface area contributed by atoms with Crippen molar-refractivity contribution in [3.63, 3.8) is 0 Å². The van der Waals surface area contributed by atoms with Gasteiger partial charge in [0, 0.05) is 52.7 Å². The summed E-state index contributed by atoms with van der Waals surface area (Å²) in [5.74, 6) is 0.0612. The first-order chi connectivity index (χ1) is 20.2. The number of aryl methyl sites for hydroxylation is 1. The Morgan fingerprint density at radius 1 is 1.19 bits per heavy atom. The molecule has 3 amide bonds. The first-order valence-electron chi connectivity index (χ1n) is 14.0. The van der Waals surface area contributed by atoms with E-state index in [0.29, 0.717) is 35.9 Å². The number of hydrogen-bond acceptors (Lipinski definition) is 9. The van der Waals surface area contributed by atoms with Crippen LogP contribution in [0.15, 0.2) is 24.4 Å². The van der Waals surface area contributed by atoms with Crippen molar-refractivity contribution in [1.29, 1.82) is 0 Å². The molecule has 218 valence electrons. The van der Waals surface area contributed by atoms with Gasteiger partial charge in [0.05, 0.1) is 34.0 Å². The zero-order valence-electron chi connectivity index (χ0n) is 23.2. The first kappa shape index (κ1) is 27.3. The van der Waals surface area contributed by atoms with E-state index in [9.17, 15) is 19.2 Å². The van der Waals surface area contributed by atoms with Crippen molar-refractivity contribution in [3.8, 4) is 16.9 Å². The van der Waals surface area contributed by atoms with Crippen LogP contribution < -0.4 is 9.64 Å². The van der Waals surface area contributed by atoms with Crippen molar-refractivity contribution in [3.05, 3.63) is 39.9 Å². The molecule has 3 atom stereocenters. The second-order valence-corrected chi connectivity index (χ2v) is 13.1. The van der Waals surface area contributed by atoms with E-state index in [-0.39, 0.29) is 61.4 Å². The van der Waals surface area contributed by atoms with Crippen molar-refractivity contribution in [2.75, 3.05) is 25.1 Å². The van der Waals surface area contributed by atoms with Crippen LogP contribution in [0.2, 0.25) is 5.02 Å². The Bertz CT molecular complexity index is 1660. The topological polar surface area (TPSA) is 109 Å². The molecule has 1 aliphatic carbocycles. The van der Waals surface area contributed by atoms with E-state index in [1.54, 1.807) is 12.3 Å². The zero-order valence-corrected chi connectivity index (χ0v) is 24.8. The summed E-state index contributed by atoms with van der Waals surface area (Å²) in [5, 5.41) is 0.478. The van der Waals surface area contributed by atoms with Crippen LogP contribution in [0.25, 0.3) is 21.3 Å². The molecule has 0 bridgehead atoms. The number of halogens is 1. The largest absolute Gasteiger partial charge is 0.481 e. The van der Waals surface area contributed by atoms with Crippen molar-refractivity contribution >= 4 is 63.0 Å². The van der Waals surface area contributed by atoms with Crippen LogP contribution in [0.4, 0.5) is 5.69 Å². The molecule has 12 heteroatoms. The summed E-state index contributed by atoms with van der Waals surface area (Å²) in [6.45, 7) is 3.22. The second-order valence-electron chi connectivity index (χ2n) is 11.6. The van der Waals surface area contributed by atoms with Crippen LogP contribution in [0.5, 0.6) is 5.75 Å². The van der Waals surface area contributed by atoms with E-state index in [4.69, 9.17) is 21.1 Å². The molecule has 1 spiro atoms. The van der Waals surface area contributed by atoms with Gasteiger partial charge < -0.3 is 14.4 Å². The molecular formula is C30H29ClN4O6S. The maximum absolute atomic E-state index is 13.6. The number of anilines is 1. The van der Waals surface area contributed by atoms with E-state index >= 15 is 0 Å². The fourth-order valence-electron chi connectivity index (χ4n) is 7.15. The number of likely N-dealkylation sites (N-methyl/N-ethyl adjacent to an activating group) is 1. The highest BCUT2D eigenvalue weighted by Crippen LogP contribution is 2.52. The quantitative estimate of drug-likeness (QED) is 0.304. The summed E-state index contributed by atoms with van der Waals surface area (Å²) in [4.78, 5) is 60.3. The standard InChI is InChI=1S/C30H29ClN4O6S/c1-16-11-32-21-9-19(13-34-24(37)3-4-25(34)38)42-29(21)27(16)20-7-17(31)8-22-28(20)35(26(39)14-40-22)18-10-30(33(2)12-18)6-5-23(30)41-15-36/h7-9,11,15,18,23H,3-6,10,12-14H2,1-2H3/t18-,23?,30?/m1/s1. The van der Waals surface area contributed by atoms with Crippen LogP contribution in [0, 0.1) is 6.92 Å². The molecule has 7 rings (SSSR count). The average Bonchev–Trinajstić information content (AvgIpc) is 3.62. The Labute approximate surface area is 251 Å². The molecule has 2 aromatic heterocycles. The molecule has 1 aromatic carbocycles. The maximum atomic E-state index is 13.6. The highest BCUT2D eigenvalue weighted by Gasteiger charge is 2.58. The molecule has 3 aliphatic heterocycles. The SMILES string of the molecule is Cc1cnc2cc(CN3C(=O)CCC3=O)sc2c1-c1cc(Cl)cc2c1N([C@H]1CN(C)C3(CCC3OC=O)C1)C(=O)CO2. The van der Waals surface area contributed by atoms with E-state index in [0.717, 1.165) is 44.6 Å². The number of aromatic nitrogens is 1. The predicted octanol–water partition coefficient (Wildman–Crippen LogP) is 4.08. The Morgan fingerprint density at radius 2 is 1.98 bits per heavy atom. The van der Waals surface area contributed by atoms with E-state index < -0.39 is 0 Å². The number of carbonyl (C=O) groups excluding carboxylic acids is 4. The monoisotopic (exact) mass is 608 g/mol. The lowest BCUT2D eigenvalue weighted by Gasteiger charge is -2.49. The Morgan fingerprint density at radius 3 is 2.69 bits per heavy atom. The number of thiophene rings is 1. The number of ether oxygens (including phenoxy) is 2. The Kier molecular flexibility index (Phi) is 6.52. The van der Waals surface area contributed by atoms with Crippen molar-refractivity contribution in [2.24, 2.45) is 0 Å². The molecule has 0 N–H and O–H groups in total.